The van der Waals surface area contributed by atoms with Crippen LogP contribution in [-0.4, -0.2) is 44.3 Å². The van der Waals surface area contributed by atoms with Crippen molar-refractivity contribution in [2.75, 3.05) is 30.8 Å². The molecule has 1 N–H and O–H groups in total. The van der Waals surface area contributed by atoms with E-state index in [0.29, 0.717) is 29.8 Å². The SMILES string of the molecule is CS(=O)(=O)NCC1CCCN(c2ncnc3cc(F)c(C#N)cc23)C1. The first-order valence-electron chi connectivity index (χ1n) is 7.91. The summed E-state index contributed by atoms with van der Waals surface area (Å²) in [7, 11) is -3.23. The number of fused-ring (bicyclic) bond motifs is 1. The summed E-state index contributed by atoms with van der Waals surface area (Å²) in [5, 5.41) is 9.68. The first kappa shape index (κ1) is 17.5. The van der Waals surface area contributed by atoms with E-state index < -0.39 is 15.8 Å². The highest BCUT2D eigenvalue weighted by Crippen LogP contribution is 2.28. The monoisotopic (exact) mass is 363 g/mol. The van der Waals surface area contributed by atoms with Gasteiger partial charge in [0.25, 0.3) is 0 Å². The molecule has 0 saturated carbocycles. The van der Waals surface area contributed by atoms with Crippen LogP contribution >= 0.6 is 0 Å². The minimum atomic E-state index is -3.23. The Labute approximate surface area is 145 Å². The lowest BCUT2D eigenvalue weighted by atomic mass is 9.98. The van der Waals surface area contributed by atoms with Gasteiger partial charge in [-0.25, -0.2) is 27.5 Å². The van der Waals surface area contributed by atoms with Crippen molar-refractivity contribution in [3.8, 4) is 6.07 Å². The number of nitrogens with one attached hydrogen (secondary N) is 1. The maximum Gasteiger partial charge on any atom is 0.208 e. The number of aromatic nitrogens is 2. The maximum atomic E-state index is 13.8. The van der Waals surface area contributed by atoms with Crippen LogP contribution in [-0.2, 0) is 10.0 Å². The van der Waals surface area contributed by atoms with Gasteiger partial charge in [0.05, 0.1) is 17.3 Å². The molecule has 25 heavy (non-hydrogen) atoms. The lowest BCUT2D eigenvalue weighted by Crippen LogP contribution is -2.41. The van der Waals surface area contributed by atoms with Gasteiger partial charge >= 0.3 is 0 Å². The summed E-state index contributed by atoms with van der Waals surface area (Å²) in [5.74, 6) is 0.198. The van der Waals surface area contributed by atoms with Gasteiger partial charge in [-0.3, -0.25) is 0 Å². The summed E-state index contributed by atoms with van der Waals surface area (Å²) in [6.45, 7) is 1.77. The molecule has 0 aliphatic carbocycles. The van der Waals surface area contributed by atoms with E-state index in [0.717, 1.165) is 25.6 Å². The van der Waals surface area contributed by atoms with Crippen molar-refractivity contribution < 1.29 is 12.8 Å². The van der Waals surface area contributed by atoms with E-state index in [-0.39, 0.29) is 11.5 Å². The normalized spacial score (nSPS) is 18.3. The van der Waals surface area contributed by atoms with Crippen LogP contribution in [0, 0.1) is 23.1 Å². The molecule has 0 spiro atoms. The fraction of sp³-hybridized carbons (Fsp3) is 0.438. The van der Waals surface area contributed by atoms with Crippen molar-refractivity contribution in [3.05, 3.63) is 29.8 Å². The Bertz CT molecular complexity index is 941. The van der Waals surface area contributed by atoms with Gasteiger partial charge in [-0.05, 0) is 24.8 Å². The van der Waals surface area contributed by atoms with E-state index in [1.165, 1.54) is 18.5 Å². The average molecular weight is 363 g/mol. The number of nitrogens with zero attached hydrogens (tertiary/aromatic N) is 4. The minimum absolute atomic E-state index is 0.0455. The van der Waals surface area contributed by atoms with Crippen LogP contribution in [0.2, 0.25) is 0 Å². The van der Waals surface area contributed by atoms with E-state index >= 15 is 0 Å². The molecule has 9 heteroatoms. The third-order valence-corrected chi connectivity index (χ3v) is 4.97. The van der Waals surface area contributed by atoms with E-state index in [2.05, 4.69) is 14.7 Å². The highest BCUT2D eigenvalue weighted by Gasteiger charge is 2.23. The number of nitriles is 1. The van der Waals surface area contributed by atoms with Crippen LogP contribution in [0.5, 0.6) is 0 Å². The molecule has 1 aromatic heterocycles. The van der Waals surface area contributed by atoms with E-state index in [9.17, 15) is 12.8 Å². The molecule has 2 aromatic rings. The van der Waals surface area contributed by atoms with Gasteiger partial charge in [0.1, 0.15) is 24.0 Å². The predicted molar refractivity (Wildman–Crippen MR) is 92.0 cm³/mol. The van der Waals surface area contributed by atoms with Crippen LogP contribution in [0.25, 0.3) is 10.9 Å². The second kappa shape index (κ2) is 6.90. The standard InChI is InChI=1S/C16H18FN5O2S/c1-25(23,24)21-8-11-3-2-4-22(9-11)16-13-5-12(7-18)14(17)6-15(13)19-10-20-16/h5-6,10-11,21H,2-4,8-9H2,1H3. The number of sulfonamides is 1. The number of hydrogen-bond acceptors (Lipinski definition) is 6. The van der Waals surface area contributed by atoms with E-state index in [1.54, 1.807) is 0 Å². The summed E-state index contributed by atoms with van der Waals surface area (Å²) in [6.07, 6.45) is 4.33. The summed E-state index contributed by atoms with van der Waals surface area (Å²) >= 11 is 0. The molecule has 0 amide bonds. The molecule has 1 saturated heterocycles. The molecular weight excluding hydrogens is 345 g/mol. The Morgan fingerprint density at radius 2 is 2.24 bits per heavy atom. The summed E-state index contributed by atoms with van der Waals surface area (Å²) < 4.78 is 38.9. The van der Waals surface area contributed by atoms with Crippen molar-refractivity contribution in [1.82, 2.24) is 14.7 Å². The zero-order valence-corrected chi connectivity index (χ0v) is 14.6. The Morgan fingerprint density at radius 3 is 2.96 bits per heavy atom. The van der Waals surface area contributed by atoms with Gasteiger partial charge < -0.3 is 4.90 Å². The van der Waals surface area contributed by atoms with Crippen molar-refractivity contribution in [1.29, 1.82) is 5.26 Å². The van der Waals surface area contributed by atoms with Gasteiger partial charge in [0.15, 0.2) is 0 Å². The maximum absolute atomic E-state index is 13.8. The molecule has 2 heterocycles. The largest absolute Gasteiger partial charge is 0.356 e. The molecular formula is C16H18FN5O2S. The highest BCUT2D eigenvalue weighted by atomic mass is 32.2. The third-order valence-electron chi connectivity index (χ3n) is 4.28. The Kier molecular flexibility index (Phi) is 4.83. The lowest BCUT2D eigenvalue weighted by molar-refractivity contribution is 0.410. The number of anilines is 1. The van der Waals surface area contributed by atoms with Crippen molar-refractivity contribution in [3.63, 3.8) is 0 Å². The zero-order chi connectivity index (χ0) is 18.0. The highest BCUT2D eigenvalue weighted by molar-refractivity contribution is 7.88. The molecule has 1 fully saturated rings. The number of piperidine rings is 1. The fourth-order valence-electron chi connectivity index (χ4n) is 3.09. The topological polar surface area (TPSA) is 99.0 Å². The smallest absolute Gasteiger partial charge is 0.208 e. The molecule has 3 rings (SSSR count). The molecule has 1 aliphatic heterocycles. The molecule has 132 valence electrons. The van der Waals surface area contributed by atoms with Gasteiger partial charge in [-0.15, -0.1) is 0 Å². The van der Waals surface area contributed by atoms with Crippen LogP contribution in [0.15, 0.2) is 18.5 Å². The number of benzene rings is 1. The van der Waals surface area contributed by atoms with Gasteiger partial charge in [0, 0.05) is 31.1 Å². The number of halogens is 1. The Hall–Kier alpha value is -2.31. The molecule has 1 aliphatic rings. The van der Waals surface area contributed by atoms with Crippen molar-refractivity contribution in [2.45, 2.75) is 12.8 Å². The quantitative estimate of drug-likeness (QED) is 0.882. The third kappa shape index (κ3) is 4.03. The Morgan fingerprint density at radius 1 is 1.44 bits per heavy atom. The van der Waals surface area contributed by atoms with Gasteiger partial charge in [-0.1, -0.05) is 0 Å². The van der Waals surface area contributed by atoms with Gasteiger partial charge in [-0.2, -0.15) is 5.26 Å². The van der Waals surface area contributed by atoms with E-state index in [4.69, 9.17) is 5.26 Å². The van der Waals surface area contributed by atoms with E-state index in [1.807, 2.05) is 11.0 Å². The lowest BCUT2D eigenvalue weighted by Gasteiger charge is -2.34. The average Bonchev–Trinajstić information content (AvgIpc) is 2.58. The van der Waals surface area contributed by atoms with Crippen molar-refractivity contribution >= 4 is 26.7 Å². The van der Waals surface area contributed by atoms with Gasteiger partial charge in [0.2, 0.25) is 10.0 Å². The minimum Gasteiger partial charge on any atom is -0.356 e. The molecule has 0 radical (unpaired) electrons. The summed E-state index contributed by atoms with van der Waals surface area (Å²) in [5.41, 5.74) is 0.397. The van der Waals surface area contributed by atoms with Crippen LogP contribution < -0.4 is 9.62 Å². The van der Waals surface area contributed by atoms with Crippen molar-refractivity contribution in [2.24, 2.45) is 5.92 Å². The first-order valence-corrected chi connectivity index (χ1v) is 9.80. The molecule has 1 aromatic carbocycles. The summed E-state index contributed by atoms with van der Waals surface area (Å²) in [6, 6.07) is 4.55. The fourth-order valence-corrected chi connectivity index (χ4v) is 3.63. The molecule has 1 unspecified atom stereocenters. The van der Waals surface area contributed by atoms with Crippen LogP contribution in [0.4, 0.5) is 10.2 Å². The number of hydrogen-bond donors (Lipinski definition) is 1. The Balaban J connectivity index is 1.89. The molecule has 7 nitrogen and oxygen atoms in total. The zero-order valence-electron chi connectivity index (χ0n) is 13.7. The summed E-state index contributed by atoms with van der Waals surface area (Å²) in [4.78, 5) is 10.4. The first-order chi connectivity index (χ1) is 11.9. The van der Waals surface area contributed by atoms with Crippen LogP contribution in [0.1, 0.15) is 18.4 Å². The molecule has 0 bridgehead atoms. The second-order valence-corrected chi connectivity index (χ2v) is 8.07. The van der Waals surface area contributed by atoms with Crippen LogP contribution in [0.3, 0.4) is 0 Å². The number of rotatable bonds is 4. The molecule has 1 atom stereocenters. The second-order valence-electron chi connectivity index (χ2n) is 6.23. The predicted octanol–water partition coefficient (Wildman–Crippen LogP) is 1.41.